The quantitative estimate of drug-likeness (QED) is 0.628. The number of halogens is 1. The van der Waals surface area contributed by atoms with Gasteiger partial charge in [-0.1, -0.05) is 6.92 Å². The summed E-state index contributed by atoms with van der Waals surface area (Å²) >= 11 is 0. The highest BCUT2D eigenvalue weighted by molar-refractivity contribution is 5.93. The normalized spacial score (nSPS) is 31.2. The number of nitrogens with one attached hydrogen (secondary N) is 1. The predicted octanol–water partition coefficient (Wildman–Crippen LogP) is 1.55. The molecule has 3 heterocycles. The van der Waals surface area contributed by atoms with Crippen molar-refractivity contribution in [2.45, 2.75) is 50.4 Å². The van der Waals surface area contributed by atoms with Crippen molar-refractivity contribution in [2.75, 3.05) is 26.7 Å². The molecule has 0 aliphatic carbocycles. The van der Waals surface area contributed by atoms with Crippen LogP contribution in [0.4, 0.5) is 4.39 Å². The van der Waals surface area contributed by atoms with Crippen molar-refractivity contribution in [1.29, 1.82) is 0 Å². The summed E-state index contributed by atoms with van der Waals surface area (Å²) in [4.78, 5) is 16.4. The highest BCUT2D eigenvalue weighted by atomic mass is 19.1. The lowest BCUT2D eigenvalue weighted by atomic mass is 9.89. The van der Waals surface area contributed by atoms with Crippen molar-refractivity contribution < 1.29 is 19.1 Å². The van der Waals surface area contributed by atoms with Gasteiger partial charge >= 0.3 is 0 Å². The van der Waals surface area contributed by atoms with E-state index in [9.17, 15) is 9.18 Å². The van der Waals surface area contributed by atoms with Crippen molar-refractivity contribution in [3.63, 3.8) is 0 Å². The topological polar surface area (TPSA) is 65.0 Å². The zero-order valence-corrected chi connectivity index (χ0v) is 15.3. The Morgan fingerprint density at radius 2 is 2.31 bits per heavy atom. The molecule has 3 aliphatic heterocycles. The summed E-state index contributed by atoms with van der Waals surface area (Å²) in [6.45, 7) is 5.26. The van der Waals surface area contributed by atoms with Gasteiger partial charge in [0.1, 0.15) is 5.82 Å². The number of fused-ring (bicyclic) bond motifs is 3. The van der Waals surface area contributed by atoms with E-state index in [0.29, 0.717) is 24.6 Å². The Morgan fingerprint density at radius 1 is 1.50 bits per heavy atom. The van der Waals surface area contributed by atoms with E-state index in [0.717, 1.165) is 38.1 Å². The maximum absolute atomic E-state index is 14.6. The smallest absolute Gasteiger partial charge is 0.274 e. The summed E-state index contributed by atoms with van der Waals surface area (Å²) in [6.07, 6.45) is 2.62. The summed E-state index contributed by atoms with van der Waals surface area (Å²) in [5.74, 6) is -1.05. The lowest BCUT2D eigenvalue weighted by Crippen LogP contribution is -2.52. The molecule has 0 radical (unpaired) electrons. The molecule has 0 spiro atoms. The van der Waals surface area contributed by atoms with Crippen LogP contribution < -0.4 is 5.48 Å². The van der Waals surface area contributed by atoms with Gasteiger partial charge in [-0.15, -0.1) is 0 Å². The first-order chi connectivity index (χ1) is 12.4. The summed E-state index contributed by atoms with van der Waals surface area (Å²) in [6, 6.07) is 3.67. The van der Waals surface area contributed by atoms with Crippen LogP contribution in [0.3, 0.4) is 0 Å². The lowest BCUT2D eigenvalue weighted by Gasteiger charge is -2.42. The largest absolute Gasteiger partial charge is 0.371 e. The molecule has 1 aromatic carbocycles. The minimum Gasteiger partial charge on any atom is -0.371 e. The van der Waals surface area contributed by atoms with Gasteiger partial charge in [0, 0.05) is 37.3 Å². The summed E-state index contributed by atoms with van der Waals surface area (Å²) in [7, 11) is 2.15. The summed E-state index contributed by atoms with van der Waals surface area (Å²) < 4.78 is 20.7. The van der Waals surface area contributed by atoms with Crippen molar-refractivity contribution >= 4 is 5.91 Å². The average molecular weight is 363 g/mol. The lowest BCUT2D eigenvalue weighted by molar-refractivity contribution is -0.0661. The van der Waals surface area contributed by atoms with E-state index in [1.165, 1.54) is 6.07 Å². The number of ether oxygens (including phenoxy) is 1. The third-order valence-electron chi connectivity index (χ3n) is 6.29. The fourth-order valence-electron chi connectivity index (χ4n) is 4.89. The van der Waals surface area contributed by atoms with E-state index >= 15 is 0 Å². The molecule has 3 unspecified atom stereocenters. The van der Waals surface area contributed by atoms with Crippen LogP contribution in [-0.2, 0) is 17.7 Å². The van der Waals surface area contributed by atoms with Crippen LogP contribution in [0.1, 0.15) is 41.3 Å². The maximum atomic E-state index is 14.6. The zero-order valence-electron chi connectivity index (χ0n) is 15.3. The standard InChI is InChI=1S/C19H26FN3O3/c1-3-14-6-16-13(4-12(5-17(16)20)18(24)21-25)8-23(14)11-19-7-15(9-26-19)22(2)10-19/h4-5,14-15,25H,3,6-11H2,1-2H3,(H,21,24). The van der Waals surface area contributed by atoms with Crippen LogP contribution in [0.5, 0.6) is 0 Å². The Balaban J connectivity index is 1.60. The molecule has 2 saturated heterocycles. The van der Waals surface area contributed by atoms with Crippen LogP contribution in [0.2, 0.25) is 0 Å². The van der Waals surface area contributed by atoms with Crippen LogP contribution >= 0.6 is 0 Å². The van der Waals surface area contributed by atoms with Gasteiger partial charge in [0.2, 0.25) is 0 Å². The second-order valence-corrected chi connectivity index (χ2v) is 7.97. The summed E-state index contributed by atoms with van der Waals surface area (Å²) in [5, 5.41) is 8.85. The predicted molar refractivity (Wildman–Crippen MR) is 93.6 cm³/mol. The second kappa shape index (κ2) is 6.56. The van der Waals surface area contributed by atoms with Crippen LogP contribution in [0.25, 0.3) is 0 Å². The highest BCUT2D eigenvalue weighted by Crippen LogP contribution is 2.39. The molecular weight excluding hydrogens is 337 g/mol. The Morgan fingerprint density at radius 3 is 2.92 bits per heavy atom. The van der Waals surface area contributed by atoms with Gasteiger partial charge in [0.05, 0.1) is 12.2 Å². The van der Waals surface area contributed by atoms with E-state index in [-0.39, 0.29) is 23.0 Å². The van der Waals surface area contributed by atoms with E-state index < -0.39 is 5.91 Å². The number of likely N-dealkylation sites (tertiary alicyclic amines) is 1. The summed E-state index contributed by atoms with van der Waals surface area (Å²) in [5.41, 5.74) is 3.11. The van der Waals surface area contributed by atoms with E-state index in [1.807, 2.05) is 0 Å². The first-order valence-corrected chi connectivity index (χ1v) is 9.28. The number of rotatable bonds is 4. The molecule has 2 bridgehead atoms. The van der Waals surface area contributed by atoms with E-state index in [1.54, 1.807) is 11.5 Å². The van der Waals surface area contributed by atoms with Crippen molar-refractivity contribution in [1.82, 2.24) is 15.3 Å². The third-order valence-corrected chi connectivity index (χ3v) is 6.29. The minimum atomic E-state index is -0.686. The van der Waals surface area contributed by atoms with Crippen molar-refractivity contribution in [2.24, 2.45) is 0 Å². The molecule has 2 fully saturated rings. The number of carbonyl (C=O) groups is 1. The molecule has 6 nitrogen and oxygen atoms in total. The molecule has 1 aromatic rings. The van der Waals surface area contributed by atoms with E-state index in [2.05, 4.69) is 23.8 Å². The highest BCUT2D eigenvalue weighted by Gasteiger charge is 2.51. The molecule has 7 heteroatoms. The Hall–Kier alpha value is -1.54. The van der Waals surface area contributed by atoms with E-state index in [4.69, 9.17) is 9.94 Å². The van der Waals surface area contributed by atoms with Crippen LogP contribution in [0, 0.1) is 5.82 Å². The number of carbonyl (C=O) groups excluding carboxylic acids is 1. The molecule has 3 atom stereocenters. The Labute approximate surface area is 152 Å². The molecular formula is C19H26FN3O3. The first-order valence-electron chi connectivity index (χ1n) is 9.28. The number of hydrogen-bond donors (Lipinski definition) is 2. The number of morpholine rings is 1. The molecule has 4 rings (SSSR count). The first kappa shape index (κ1) is 17.9. The van der Waals surface area contributed by atoms with Crippen LogP contribution in [0.15, 0.2) is 12.1 Å². The van der Waals surface area contributed by atoms with Gasteiger partial charge in [-0.05, 0) is 49.6 Å². The monoisotopic (exact) mass is 363 g/mol. The molecule has 0 saturated carbocycles. The molecule has 0 aromatic heterocycles. The SMILES string of the molecule is CCC1Cc2c(F)cc(C(=O)NO)cc2CN1CC12CC(CO1)N(C)C2. The van der Waals surface area contributed by atoms with Gasteiger partial charge in [0.25, 0.3) is 5.91 Å². The van der Waals surface area contributed by atoms with Crippen molar-refractivity contribution in [3.05, 3.63) is 34.6 Å². The third kappa shape index (κ3) is 2.93. The van der Waals surface area contributed by atoms with Gasteiger partial charge < -0.3 is 4.74 Å². The zero-order chi connectivity index (χ0) is 18.5. The molecule has 26 heavy (non-hydrogen) atoms. The van der Waals surface area contributed by atoms with Gasteiger partial charge in [-0.3, -0.25) is 19.8 Å². The molecule has 1 amide bonds. The second-order valence-electron chi connectivity index (χ2n) is 7.97. The number of benzene rings is 1. The Kier molecular flexibility index (Phi) is 4.51. The van der Waals surface area contributed by atoms with Crippen molar-refractivity contribution in [3.8, 4) is 0 Å². The minimum absolute atomic E-state index is 0.136. The fourth-order valence-corrected chi connectivity index (χ4v) is 4.89. The number of hydroxylamine groups is 1. The molecule has 142 valence electrons. The van der Waals surface area contributed by atoms with Crippen LogP contribution in [-0.4, -0.2) is 65.3 Å². The Bertz CT molecular complexity index is 724. The number of hydrogen-bond acceptors (Lipinski definition) is 5. The number of nitrogens with zero attached hydrogens (tertiary/aromatic N) is 2. The maximum Gasteiger partial charge on any atom is 0.274 e. The number of amides is 1. The molecule has 3 aliphatic rings. The number of likely N-dealkylation sites (N-methyl/N-ethyl adjacent to an activating group) is 1. The van der Waals surface area contributed by atoms with Gasteiger partial charge in [-0.2, -0.15) is 0 Å². The molecule has 2 N–H and O–H groups in total. The average Bonchev–Trinajstić information content (AvgIpc) is 3.17. The fraction of sp³-hybridized carbons (Fsp3) is 0.632. The van der Waals surface area contributed by atoms with Gasteiger partial charge in [-0.25, -0.2) is 9.87 Å². The van der Waals surface area contributed by atoms with Gasteiger partial charge in [0.15, 0.2) is 0 Å².